The molecule has 0 aromatic carbocycles. The first-order chi connectivity index (χ1) is 8.89. The lowest BCUT2D eigenvalue weighted by Crippen LogP contribution is -2.28. The van der Waals surface area contributed by atoms with Crippen LogP contribution < -0.4 is 0 Å². The van der Waals surface area contributed by atoms with Gasteiger partial charge in [-0.2, -0.15) is 0 Å². The van der Waals surface area contributed by atoms with E-state index in [2.05, 4.69) is 13.2 Å². The third-order valence-electron chi connectivity index (χ3n) is 2.06. The molecule has 0 spiro atoms. The molecule has 19 heavy (non-hydrogen) atoms. The normalized spacial score (nSPS) is 10.9. The Labute approximate surface area is 115 Å². The molecule has 0 unspecified atom stereocenters. The third-order valence-corrected chi connectivity index (χ3v) is 2.06. The topological polar surface area (TPSA) is 54.0 Å². The van der Waals surface area contributed by atoms with Gasteiger partial charge in [0.2, 0.25) is 5.79 Å². The second-order valence-corrected chi connectivity index (χ2v) is 4.41. The van der Waals surface area contributed by atoms with E-state index in [-0.39, 0.29) is 5.97 Å². The summed E-state index contributed by atoms with van der Waals surface area (Å²) in [4.78, 5) is 11.0. The molecule has 0 heterocycles. The van der Waals surface area contributed by atoms with Crippen LogP contribution in [0.4, 0.5) is 0 Å². The zero-order valence-electron chi connectivity index (χ0n) is 12.1. The lowest BCUT2D eigenvalue weighted by atomic mass is 10.4. The van der Waals surface area contributed by atoms with Gasteiger partial charge in [-0.3, -0.25) is 0 Å². The van der Waals surface area contributed by atoms with Crippen molar-refractivity contribution in [1.82, 2.24) is 0 Å². The molecule has 0 rings (SSSR count). The van der Waals surface area contributed by atoms with Crippen molar-refractivity contribution < 1.29 is 23.7 Å². The highest BCUT2D eigenvalue weighted by Gasteiger charge is 2.17. The van der Waals surface area contributed by atoms with E-state index in [0.29, 0.717) is 38.4 Å². The van der Waals surface area contributed by atoms with Gasteiger partial charge in [0.1, 0.15) is 0 Å². The fourth-order valence-electron chi connectivity index (χ4n) is 1.13. The summed E-state index contributed by atoms with van der Waals surface area (Å²) in [5.41, 5.74) is 0.402. The second kappa shape index (κ2) is 9.58. The quantitative estimate of drug-likeness (QED) is 0.190. The van der Waals surface area contributed by atoms with Crippen molar-refractivity contribution in [1.29, 1.82) is 0 Å². The first kappa shape index (κ1) is 17.7. The highest BCUT2D eigenvalue weighted by Crippen LogP contribution is 2.10. The first-order valence-corrected chi connectivity index (χ1v) is 6.22. The van der Waals surface area contributed by atoms with Crippen LogP contribution in [0.25, 0.3) is 0 Å². The van der Waals surface area contributed by atoms with Crippen molar-refractivity contribution in [2.45, 2.75) is 33.0 Å². The Morgan fingerprint density at radius 2 is 1.89 bits per heavy atom. The predicted molar refractivity (Wildman–Crippen MR) is 72.5 cm³/mol. The third kappa shape index (κ3) is 10.3. The molecule has 5 heteroatoms. The van der Waals surface area contributed by atoms with E-state index in [1.165, 1.54) is 6.26 Å². The summed E-state index contributed by atoms with van der Waals surface area (Å²) in [5, 5.41) is 0. The Balaban J connectivity index is 3.39. The fraction of sp³-hybridized carbons (Fsp3) is 0.643. The maximum atomic E-state index is 11.0. The minimum Gasteiger partial charge on any atom is -0.471 e. The smallest absolute Gasteiger partial charge is 0.333 e. The number of esters is 1. The number of carbonyl (C=O) groups is 1. The summed E-state index contributed by atoms with van der Waals surface area (Å²) in [6.45, 7) is 13.9. The van der Waals surface area contributed by atoms with Gasteiger partial charge in [-0.15, -0.1) is 0 Å². The van der Waals surface area contributed by atoms with Crippen LogP contribution in [0.5, 0.6) is 0 Å². The van der Waals surface area contributed by atoms with Crippen LogP contribution in [0.1, 0.15) is 27.2 Å². The van der Waals surface area contributed by atoms with Crippen LogP contribution in [0.15, 0.2) is 25.0 Å². The van der Waals surface area contributed by atoms with Crippen LogP contribution in [0.3, 0.4) is 0 Å². The van der Waals surface area contributed by atoms with E-state index in [1.54, 1.807) is 20.8 Å². The number of carbonyl (C=O) groups excluding carboxylic acids is 1. The second-order valence-electron chi connectivity index (χ2n) is 4.41. The van der Waals surface area contributed by atoms with Crippen LogP contribution in [0.2, 0.25) is 0 Å². The van der Waals surface area contributed by atoms with Crippen molar-refractivity contribution in [3.63, 3.8) is 0 Å². The van der Waals surface area contributed by atoms with Gasteiger partial charge in [-0.1, -0.05) is 13.2 Å². The molecule has 0 aromatic heterocycles. The Hall–Kier alpha value is -1.33. The highest BCUT2D eigenvalue weighted by atomic mass is 16.7. The molecule has 5 nitrogen and oxygen atoms in total. The monoisotopic (exact) mass is 272 g/mol. The fourth-order valence-corrected chi connectivity index (χ4v) is 1.13. The van der Waals surface area contributed by atoms with Crippen molar-refractivity contribution in [3.05, 3.63) is 25.0 Å². The molecule has 110 valence electrons. The van der Waals surface area contributed by atoms with Crippen molar-refractivity contribution >= 4 is 5.97 Å². The van der Waals surface area contributed by atoms with Gasteiger partial charge in [0.05, 0.1) is 26.1 Å². The molecule has 0 saturated heterocycles. The average molecular weight is 272 g/mol. The van der Waals surface area contributed by atoms with Gasteiger partial charge in [-0.05, 0) is 6.92 Å². The summed E-state index contributed by atoms with van der Waals surface area (Å²) in [6.07, 6.45) is 1.99. The maximum Gasteiger partial charge on any atom is 0.333 e. The SMILES string of the molecule is C=COC(C)(C)OCCOCCCOC(=O)C(=C)C. The Kier molecular flexibility index (Phi) is 8.91. The molecular formula is C14H24O5. The van der Waals surface area contributed by atoms with E-state index in [1.807, 2.05) is 0 Å². The van der Waals surface area contributed by atoms with Crippen LogP contribution in [-0.4, -0.2) is 38.2 Å². The van der Waals surface area contributed by atoms with Gasteiger partial charge in [0, 0.05) is 32.4 Å². The van der Waals surface area contributed by atoms with Gasteiger partial charge in [0.25, 0.3) is 0 Å². The molecule has 0 amide bonds. The standard InChI is InChI=1S/C14H24O5/c1-6-18-14(4,5)19-11-10-16-8-7-9-17-13(15)12(2)3/h6H,1-2,7-11H2,3-5H3. The van der Waals surface area contributed by atoms with Gasteiger partial charge < -0.3 is 18.9 Å². The van der Waals surface area contributed by atoms with Crippen molar-refractivity contribution in [3.8, 4) is 0 Å². The molecular weight excluding hydrogens is 248 g/mol. The lowest BCUT2D eigenvalue weighted by Gasteiger charge is -2.24. The Morgan fingerprint density at radius 3 is 2.47 bits per heavy atom. The van der Waals surface area contributed by atoms with Crippen LogP contribution >= 0.6 is 0 Å². The molecule has 0 saturated carbocycles. The lowest BCUT2D eigenvalue weighted by molar-refractivity contribution is -0.188. The Morgan fingerprint density at radius 1 is 1.21 bits per heavy atom. The maximum absolute atomic E-state index is 11.0. The molecule has 0 bridgehead atoms. The van der Waals surface area contributed by atoms with Crippen molar-refractivity contribution in [2.24, 2.45) is 0 Å². The van der Waals surface area contributed by atoms with Crippen molar-refractivity contribution in [2.75, 3.05) is 26.4 Å². The number of rotatable bonds is 11. The molecule has 0 N–H and O–H groups in total. The van der Waals surface area contributed by atoms with E-state index in [0.717, 1.165) is 0 Å². The van der Waals surface area contributed by atoms with E-state index in [4.69, 9.17) is 18.9 Å². The number of hydrogen-bond donors (Lipinski definition) is 0. The Bertz CT molecular complexity index is 296. The zero-order chi connectivity index (χ0) is 14.7. The first-order valence-electron chi connectivity index (χ1n) is 6.22. The number of ether oxygens (including phenoxy) is 4. The molecule has 0 radical (unpaired) electrons. The minimum absolute atomic E-state index is 0.331. The molecule has 0 aliphatic heterocycles. The summed E-state index contributed by atoms with van der Waals surface area (Å²) in [7, 11) is 0. The number of hydrogen-bond acceptors (Lipinski definition) is 5. The molecule has 0 fully saturated rings. The predicted octanol–water partition coefficient (Wildman–Crippen LogP) is 2.43. The molecule has 0 aliphatic rings. The summed E-state index contributed by atoms with van der Waals surface area (Å²) in [6, 6.07) is 0. The van der Waals surface area contributed by atoms with E-state index >= 15 is 0 Å². The van der Waals surface area contributed by atoms with Crippen LogP contribution in [-0.2, 0) is 23.7 Å². The van der Waals surface area contributed by atoms with Crippen LogP contribution in [0, 0.1) is 0 Å². The average Bonchev–Trinajstić information content (AvgIpc) is 2.31. The minimum atomic E-state index is -0.692. The summed E-state index contributed by atoms with van der Waals surface area (Å²) < 4.78 is 20.8. The molecule has 0 aliphatic carbocycles. The summed E-state index contributed by atoms with van der Waals surface area (Å²) >= 11 is 0. The van der Waals surface area contributed by atoms with Gasteiger partial charge >= 0.3 is 5.97 Å². The largest absolute Gasteiger partial charge is 0.471 e. The van der Waals surface area contributed by atoms with Gasteiger partial charge in [0.15, 0.2) is 0 Å². The zero-order valence-corrected chi connectivity index (χ0v) is 12.1. The van der Waals surface area contributed by atoms with E-state index in [9.17, 15) is 4.79 Å². The highest BCUT2D eigenvalue weighted by molar-refractivity contribution is 5.86. The molecule has 0 aromatic rings. The van der Waals surface area contributed by atoms with Gasteiger partial charge in [-0.25, -0.2) is 4.79 Å². The van der Waals surface area contributed by atoms with E-state index < -0.39 is 5.79 Å². The summed E-state index contributed by atoms with van der Waals surface area (Å²) in [5.74, 6) is -1.06. The molecule has 0 atom stereocenters.